The molecule has 2 aliphatic heterocycles. The number of nitrogens with zero attached hydrogens (tertiary/aromatic N) is 2. The molecule has 0 spiro atoms. The van der Waals surface area contributed by atoms with Crippen LogP contribution in [0.3, 0.4) is 0 Å². The number of carbonyl (C=O) groups excluding carboxylic acids is 4. The number of fused-ring (bicyclic) bond motifs is 8. The van der Waals surface area contributed by atoms with Crippen LogP contribution in [0.1, 0.15) is 87.2 Å². The number of aromatic nitrogens is 4. The Morgan fingerprint density at radius 3 is 1.36 bits per heavy atom. The number of rotatable bonds is 8. The molecule has 2 atom stereocenters. The molecular formula is C47H34Cl2F6N6O8. The lowest BCUT2D eigenvalue weighted by atomic mass is 9.95. The van der Waals surface area contributed by atoms with Crippen molar-refractivity contribution in [1.29, 1.82) is 0 Å². The summed E-state index contributed by atoms with van der Waals surface area (Å²) in [5, 5.41) is 22.7. The molecule has 4 aromatic heterocycles. The van der Waals surface area contributed by atoms with Crippen molar-refractivity contribution in [2.75, 3.05) is 48.9 Å². The second-order valence-corrected chi connectivity index (χ2v) is 17.4. The van der Waals surface area contributed by atoms with E-state index in [2.05, 4.69) is 19.9 Å². The number of H-pyrrole nitrogens is 4. The number of phenols is 2. The molecule has 0 fully saturated rings. The lowest BCUT2D eigenvalue weighted by molar-refractivity contribution is -0.141. The largest absolute Gasteiger partial charge is 0.506 e. The molecule has 0 bridgehead atoms. The van der Waals surface area contributed by atoms with Crippen LogP contribution in [-0.4, -0.2) is 93.0 Å². The number of hydrogen-bond donors (Lipinski definition) is 6. The molecule has 0 radical (unpaired) electrons. The van der Waals surface area contributed by atoms with Gasteiger partial charge in [-0.1, -0.05) is 12.1 Å². The fraction of sp³-hybridized carbons (Fsp3) is 0.234. The number of esters is 2. The van der Waals surface area contributed by atoms with Crippen molar-refractivity contribution >= 4 is 102 Å². The number of anilines is 2. The first-order valence-electron chi connectivity index (χ1n) is 20.9. The van der Waals surface area contributed by atoms with Crippen molar-refractivity contribution in [3.8, 4) is 11.5 Å². The average Bonchev–Trinajstić information content (AvgIpc) is 4.17. The zero-order valence-electron chi connectivity index (χ0n) is 35.7. The molecule has 6 N–H and O–H groups in total. The highest BCUT2D eigenvalue weighted by Crippen LogP contribution is 2.51. The molecule has 69 heavy (non-hydrogen) atoms. The fourth-order valence-electron chi connectivity index (χ4n) is 9.85. The highest BCUT2D eigenvalue weighted by molar-refractivity contribution is 6.21. The van der Waals surface area contributed by atoms with E-state index >= 15 is 0 Å². The Kier molecular flexibility index (Phi) is 10.6. The van der Waals surface area contributed by atoms with Crippen molar-refractivity contribution in [2.24, 2.45) is 0 Å². The minimum Gasteiger partial charge on any atom is -0.506 e. The van der Waals surface area contributed by atoms with E-state index in [0.717, 1.165) is 37.5 Å². The van der Waals surface area contributed by atoms with Gasteiger partial charge in [-0.15, -0.1) is 23.2 Å². The van der Waals surface area contributed by atoms with Crippen molar-refractivity contribution in [3.05, 3.63) is 117 Å². The van der Waals surface area contributed by atoms with Crippen LogP contribution in [-0.2, 0) is 28.2 Å². The third-order valence-corrected chi connectivity index (χ3v) is 13.5. The van der Waals surface area contributed by atoms with E-state index in [1.165, 1.54) is 9.80 Å². The maximum atomic E-state index is 14.2. The van der Waals surface area contributed by atoms with Crippen LogP contribution in [0.15, 0.2) is 60.7 Å². The molecule has 8 aromatic rings. The fourth-order valence-corrected chi connectivity index (χ4v) is 10.4. The van der Waals surface area contributed by atoms with Gasteiger partial charge in [0.15, 0.2) is 0 Å². The first-order valence-corrected chi connectivity index (χ1v) is 22.0. The summed E-state index contributed by atoms with van der Waals surface area (Å²) in [4.78, 5) is 67.0. The number of alkyl halides is 8. The summed E-state index contributed by atoms with van der Waals surface area (Å²) in [5.41, 5.74) is -1.53. The summed E-state index contributed by atoms with van der Waals surface area (Å²) in [6, 6.07) is 16.6. The maximum absolute atomic E-state index is 14.2. The van der Waals surface area contributed by atoms with Gasteiger partial charge in [0.05, 0.1) is 47.8 Å². The minimum atomic E-state index is -5.01. The van der Waals surface area contributed by atoms with E-state index in [4.69, 9.17) is 32.7 Å². The van der Waals surface area contributed by atoms with E-state index in [9.17, 15) is 55.7 Å². The number of halogens is 8. The highest BCUT2D eigenvalue weighted by atomic mass is 35.5. The number of carbonyl (C=O) groups is 4. The average molecular weight is 996 g/mol. The first-order chi connectivity index (χ1) is 32.8. The predicted octanol–water partition coefficient (Wildman–Crippen LogP) is 10.2. The number of phenolic OH excluding ortho intramolecular Hbond substituents is 2. The molecular weight excluding hydrogens is 961 g/mol. The number of aromatic hydroxyl groups is 2. The monoisotopic (exact) mass is 994 g/mol. The summed E-state index contributed by atoms with van der Waals surface area (Å²) in [6.07, 6.45) is -9.62. The number of nitrogens with one attached hydrogen (secondary N) is 4. The van der Waals surface area contributed by atoms with Crippen molar-refractivity contribution < 1.29 is 65.2 Å². The summed E-state index contributed by atoms with van der Waals surface area (Å²) in [6.45, 7) is -0.133. The molecule has 14 nitrogen and oxygen atoms in total. The molecule has 22 heteroatoms. The molecule has 0 aliphatic carbocycles. The molecule has 0 unspecified atom stereocenters. The molecule has 6 heterocycles. The third-order valence-electron chi connectivity index (χ3n) is 12.8. The Morgan fingerprint density at radius 2 is 1.01 bits per heavy atom. The lowest BCUT2D eigenvalue weighted by Crippen LogP contribution is -2.30. The molecule has 2 amide bonds. The molecule has 10 rings (SSSR count). The van der Waals surface area contributed by atoms with Crippen LogP contribution in [0.4, 0.5) is 37.7 Å². The molecule has 0 saturated heterocycles. The lowest BCUT2D eigenvalue weighted by Gasteiger charge is -2.17. The van der Waals surface area contributed by atoms with Crippen LogP contribution < -0.4 is 9.80 Å². The maximum Gasteiger partial charge on any atom is 0.432 e. The van der Waals surface area contributed by atoms with Crippen LogP contribution in [0.2, 0.25) is 0 Å². The Hall–Kier alpha value is -7.32. The number of benzene rings is 4. The zero-order valence-corrected chi connectivity index (χ0v) is 37.2. The van der Waals surface area contributed by atoms with Crippen LogP contribution in [0.25, 0.3) is 43.6 Å². The van der Waals surface area contributed by atoms with Gasteiger partial charge in [0.25, 0.3) is 11.8 Å². The molecule has 4 aromatic carbocycles. The van der Waals surface area contributed by atoms with Gasteiger partial charge in [-0.3, -0.25) is 9.59 Å². The van der Waals surface area contributed by atoms with E-state index < -0.39 is 82.0 Å². The predicted molar refractivity (Wildman–Crippen MR) is 242 cm³/mol. The third kappa shape index (κ3) is 7.17. The van der Waals surface area contributed by atoms with Crippen LogP contribution in [0.5, 0.6) is 11.5 Å². The van der Waals surface area contributed by atoms with Gasteiger partial charge in [-0.2, -0.15) is 26.3 Å². The normalized spacial score (nSPS) is 16.0. The van der Waals surface area contributed by atoms with Gasteiger partial charge in [-0.25, -0.2) is 9.59 Å². The van der Waals surface area contributed by atoms with Gasteiger partial charge >= 0.3 is 24.3 Å². The molecule has 2 aliphatic rings. The first kappa shape index (κ1) is 45.5. The van der Waals surface area contributed by atoms with E-state index in [1.807, 2.05) is 24.3 Å². The Bertz CT molecular complexity index is 3290. The Balaban J connectivity index is 0.923. The van der Waals surface area contributed by atoms with Crippen molar-refractivity contribution in [1.82, 2.24) is 19.9 Å². The second-order valence-electron chi connectivity index (χ2n) is 16.8. The van der Waals surface area contributed by atoms with Crippen LogP contribution >= 0.6 is 23.2 Å². The summed E-state index contributed by atoms with van der Waals surface area (Å²) in [5.74, 6) is -6.66. The molecule has 356 valence electrons. The molecule has 0 saturated carbocycles. The zero-order chi connectivity index (χ0) is 49.2. The van der Waals surface area contributed by atoms with Crippen LogP contribution in [0, 0.1) is 0 Å². The standard InChI is InChI=1S/C47H34Cl2F6N6O8/c1-68-44(66)36-34-32-22(14-48)16-60(28(32)12-30(62)38(34)58-40(36)46(50,51)52)42(64)26-10-20-8-18(3-5-24(20)56-26)7-19-4-6-25-21(9-19)11-27(57-25)43(65)61-17-23(15-49)33-29(61)13-31(63)39-35(33)37(45(67)69-2)41(59-39)47(53,54)55/h3-6,8-13,22-23,56-59,62-63H,7,14-17H2,1-2H3/t22-,23-/m1/s1. The number of methoxy groups -OCH3 is 2. The number of ether oxygens (including phenoxy) is 2. The summed E-state index contributed by atoms with van der Waals surface area (Å²) >= 11 is 12.6. The van der Waals surface area contributed by atoms with Gasteiger partial charge in [0.2, 0.25) is 0 Å². The van der Waals surface area contributed by atoms with Gasteiger partial charge < -0.3 is 49.4 Å². The van der Waals surface area contributed by atoms with E-state index in [0.29, 0.717) is 28.2 Å². The second kappa shape index (κ2) is 16.2. The smallest absolute Gasteiger partial charge is 0.432 e. The van der Waals surface area contributed by atoms with Gasteiger partial charge in [-0.05, 0) is 65.1 Å². The number of aromatic amines is 4. The van der Waals surface area contributed by atoms with E-state index in [-0.39, 0.29) is 80.5 Å². The van der Waals surface area contributed by atoms with E-state index in [1.54, 1.807) is 24.3 Å². The Morgan fingerprint density at radius 1 is 0.623 bits per heavy atom. The highest BCUT2D eigenvalue weighted by Gasteiger charge is 2.46. The number of amides is 2. The Labute approximate surface area is 393 Å². The summed E-state index contributed by atoms with van der Waals surface area (Å²) in [7, 11) is 1.87. The number of hydrogen-bond acceptors (Lipinski definition) is 8. The minimum absolute atomic E-state index is 0.0666. The van der Waals surface area contributed by atoms with Crippen molar-refractivity contribution in [3.63, 3.8) is 0 Å². The van der Waals surface area contributed by atoms with Gasteiger partial charge in [0, 0.05) is 81.4 Å². The quantitative estimate of drug-likeness (QED) is 0.0491. The summed E-state index contributed by atoms with van der Waals surface area (Å²) < 4.78 is 94.3. The van der Waals surface area contributed by atoms with Gasteiger partial charge in [0.1, 0.15) is 34.3 Å². The van der Waals surface area contributed by atoms with Crippen molar-refractivity contribution in [2.45, 2.75) is 30.6 Å². The SMILES string of the molecule is COC(=O)c1c(C(F)(F)F)[nH]c2c(O)cc3c(c12)[C@H](CCl)CN3C(=O)c1cc2cc(Cc3ccc4[nH]c(C(=O)N5C[C@@H](CCl)c6c5cc(O)c5[nH]c(C(F)(F)F)c(C(=O)OC)c65)cc4c3)ccc2[nH]1. The topological polar surface area (TPSA) is 197 Å².